The molecule has 4 aromatic rings. The Bertz CT molecular complexity index is 1280. The Morgan fingerprint density at radius 3 is 2.53 bits per heavy atom. The highest BCUT2D eigenvalue weighted by molar-refractivity contribution is 7.92. The largest absolute Gasteiger partial charge is 0.264 e. The van der Waals surface area contributed by atoms with Gasteiger partial charge in [0.2, 0.25) is 0 Å². The van der Waals surface area contributed by atoms with Gasteiger partial charge in [-0.2, -0.15) is 9.61 Å². The van der Waals surface area contributed by atoms with Crippen LogP contribution in [-0.2, 0) is 10.0 Å². The number of fused-ring (bicyclic) bond motifs is 1. The zero-order valence-corrected chi connectivity index (χ0v) is 17.1. The second kappa shape index (κ2) is 7.53. The monoisotopic (exact) mass is 419 g/mol. The summed E-state index contributed by atoms with van der Waals surface area (Å²) in [6.07, 6.45) is 9.30. The van der Waals surface area contributed by atoms with Crippen LogP contribution in [0.1, 0.15) is 37.2 Å². The van der Waals surface area contributed by atoms with E-state index in [4.69, 9.17) is 4.98 Å². The predicted molar refractivity (Wildman–Crippen MR) is 115 cm³/mol. The van der Waals surface area contributed by atoms with Crippen molar-refractivity contribution in [2.45, 2.75) is 36.5 Å². The molecule has 1 aromatic carbocycles. The number of sulfonamides is 1. The van der Waals surface area contributed by atoms with Gasteiger partial charge in [0.25, 0.3) is 10.0 Å². The summed E-state index contributed by atoms with van der Waals surface area (Å²) in [5.41, 5.74) is 3.39. The molecular formula is C22H21N5O2S. The van der Waals surface area contributed by atoms with Crippen molar-refractivity contribution >= 4 is 21.5 Å². The Morgan fingerprint density at radius 2 is 1.80 bits per heavy atom. The van der Waals surface area contributed by atoms with Gasteiger partial charge in [-0.25, -0.2) is 13.4 Å². The number of pyridine rings is 1. The van der Waals surface area contributed by atoms with Crippen molar-refractivity contribution in [2.24, 2.45) is 0 Å². The van der Waals surface area contributed by atoms with Crippen molar-refractivity contribution in [3.8, 4) is 11.3 Å². The summed E-state index contributed by atoms with van der Waals surface area (Å²) in [7, 11) is -3.81. The molecule has 1 fully saturated rings. The fraction of sp³-hybridized carbons (Fsp3) is 0.227. The van der Waals surface area contributed by atoms with Crippen LogP contribution in [0.25, 0.3) is 16.9 Å². The van der Waals surface area contributed by atoms with Gasteiger partial charge in [-0.1, -0.05) is 43.2 Å². The summed E-state index contributed by atoms with van der Waals surface area (Å²) in [6.45, 7) is 0. The Balaban J connectivity index is 1.66. The van der Waals surface area contributed by atoms with Gasteiger partial charge in [0.1, 0.15) is 10.7 Å². The summed E-state index contributed by atoms with van der Waals surface area (Å²) in [5, 5.41) is 4.49. The molecular weight excluding hydrogens is 398 g/mol. The SMILES string of the molecule is O=S(=O)(Nc1cc(-c2ccccc2)nc2c(C3CCCC3)cnn12)c1cccnc1. The first kappa shape index (κ1) is 18.7. The lowest BCUT2D eigenvalue weighted by Crippen LogP contribution is -2.16. The van der Waals surface area contributed by atoms with E-state index in [1.165, 1.54) is 25.1 Å². The third-order valence-corrected chi connectivity index (χ3v) is 6.89. The maximum atomic E-state index is 12.9. The van der Waals surface area contributed by atoms with E-state index in [0.29, 0.717) is 23.1 Å². The molecule has 0 aliphatic heterocycles. The second-order valence-electron chi connectivity index (χ2n) is 7.50. The molecule has 1 N–H and O–H groups in total. The van der Waals surface area contributed by atoms with Crippen LogP contribution >= 0.6 is 0 Å². The zero-order chi connectivity index (χ0) is 20.6. The van der Waals surface area contributed by atoms with Crippen molar-refractivity contribution in [1.29, 1.82) is 0 Å². The lowest BCUT2D eigenvalue weighted by molar-refractivity contribution is 0.600. The Kier molecular flexibility index (Phi) is 4.71. The summed E-state index contributed by atoms with van der Waals surface area (Å²) in [6, 6.07) is 14.6. The second-order valence-corrected chi connectivity index (χ2v) is 9.19. The molecule has 0 atom stereocenters. The van der Waals surface area contributed by atoms with E-state index in [0.717, 1.165) is 24.0 Å². The van der Waals surface area contributed by atoms with Crippen LogP contribution in [0.15, 0.2) is 72.0 Å². The smallest absolute Gasteiger partial charge is 0.263 e. The third kappa shape index (κ3) is 3.43. The van der Waals surface area contributed by atoms with Gasteiger partial charge in [-0.15, -0.1) is 0 Å². The van der Waals surface area contributed by atoms with E-state index in [1.807, 2.05) is 36.5 Å². The molecule has 8 heteroatoms. The minimum Gasteiger partial charge on any atom is -0.263 e. The van der Waals surface area contributed by atoms with Gasteiger partial charge in [-0.05, 0) is 30.9 Å². The fourth-order valence-electron chi connectivity index (χ4n) is 4.04. The molecule has 3 heterocycles. The van der Waals surface area contributed by atoms with Crippen LogP contribution in [0, 0.1) is 0 Å². The van der Waals surface area contributed by atoms with E-state index in [2.05, 4.69) is 14.8 Å². The third-order valence-electron chi connectivity index (χ3n) is 5.55. The zero-order valence-electron chi connectivity index (χ0n) is 16.3. The maximum Gasteiger partial charge on any atom is 0.264 e. The summed E-state index contributed by atoms with van der Waals surface area (Å²) in [5.74, 6) is 0.760. The van der Waals surface area contributed by atoms with Crippen molar-refractivity contribution in [1.82, 2.24) is 19.6 Å². The van der Waals surface area contributed by atoms with Gasteiger partial charge in [0.05, 0.1) is 11.9 Å². The van der Waals surface area contributed by atoms with Gasteiger partial charge in [-0.3, -0.25) is 9.71 Å². The van der Waals surface area contributed by atoms with Crippen LogP contribution < -0.4 is 4.72 Å². The van der Waals surface area contributed by atoms with Crippen LogP contribution in [0.3, 0.4) is 0 Å². The van der Waals surface area contributed by atoms with Gasteiger partial charge in [0, 0.05) is 29.6 Å². The van der Waals surface area contributed by atoms with Gasteiger partial charge >= 0.3 is 0 Å². The number of hydrogen-bond acceptors (Lipinski definition) is 5. The number of anilines is 1. The van der Waals surface area contributed by atoms with Crippen LogP contribution in [0.2, 0.25) is 0 Å². The molecule has 1 aliphatic carbocycles. The highest BCUT2D eigenvalue weighted by Gasteiger charge is 2.24. The lowest BCUT2D eigenvalue weighted by Gasteiger charge is -2.13. The molecule has 7 nitrogen and oxygen atoms in total. The van der Waals surface area contributed by atoms with E-state index in [9.17, 15) is 8.42 Å². The van der Waals surface area contributed by atoms with Crippen molar-refractivity contribution in [3.05, 3.63) is 72.7 Å². The molecule has 5 rings (SSSR count). The number of hydrogen-bond donors (Lipinski definition) is 1. The molecule has 0 saturated heterocycles. The Hall–Kier alpha value is -3.26. The van der Waals surface area contributed by atoms with Gasteiger partial charge < -0.3 is 0 Å². The molecule has 0 radical (unpaired) electrons. The van der Waals surface area contributed by atoms with Crippen molar-refractivity contribution < 1.29 is 8.42 Å². The number of nitrogens with zero attached hydrogens (tertiary/aromatic N) is 4. The average molecular weight is 420 g/mol. The molecule has 0 unspecified atom stereocenters. The Morgan fingerprint density at radius 1 is 1.00 bits per heavy atom. The maximum absolute atomic E-state index is 12.9. The highest BCUT2D eigenvalue weighted by atomic mass is 32.2. The molecule has 3 aromatic heterocycles. The molecule has 30 heavy (non-hydrogen) atoms. The predicted octanol–water partition coefficient (Wildman–Crippen LogP) is 4.25. The first-order valence-electron chi connectivity index (χ1n) is 9.99. The van der Waals surface area contributed by atoms with E-state index in [-0.39, 0.29) is 4.90 Å². The number of nitrogens with one attached hydrogen (secondary N) is 1. The summed E-state index contributed by atoms with van der Waals surface area (Å²) in [4.78, 5) is 8.89. The van der Waals surface area contributed by atoms with Crippen molar-refractivity contribution in [3.63, 3.8) is 0 Å². The quantitative estimate of drug-likeness (QED) is 0.522. The van der Waals surface area contributed by atoms with E-state index < -0.39 is 10.0 Å². The standard InChI is InChI=1S/C22H21N5O2S/c28-30(29,18-11-6-12-23-14-18)26-21-13-20(17-9-2-1-3-10-17)25-22-19(15-24-27(21)22)16-7-4-5-8-16/h1-3,6,9-16,26H,4-5,7-8H2. The Labute approximate surface area is 174 Å². The summed E-state index contributed by atoms with van der Waals surface area (Å²) >= 11 is 0. The van der Waals surface area contributed by atoms with Crippen LogP contribution in [0.4, 0.5) is 5.82 Å². The van der Waals surface area contributed by atoms with Crippen LogP contribution in [-0.4, -0.2) is 28.0 Å². The molecule has 152 valence electrons. The van der Waals surface area contributed by atoms with Gasteiger partial charge in [0.15, 0.2) is 5.65 Å². The van der Waals surface area contributed by atoms with Crippen molar-refractivity contribution in [2.75, 3.05) is 4.72 Å². The number of aromatic nitrogens is 4. The topological polar surface area (TPSA) is 89.2 Å². The first-order chi connectivity index (χ1) is 14.6. The van der Waals surface area contributed by atoms with Crippen LogP contribution in [0.5, 0.6) is 0 Å². The molecule has 1 aliphatic rings. The number of rotatable bonds is 5. The first-order valence-corrected chi connectivity index (χ1v) is 11.5. The minimum absolute atomic E-state index is 0.0967. The molecule has 0 bridgehead atoms. The van der Waals surface area contributed by atoms with E-state index >= 15 is 0 Å². The molecule has 1 saturated carbocycles. The average Bonchev–Trinajstić information content (AvgIpc) is 3.44. The highest BCUT2D eigenvalue weighted by Crippen LogP contribution is 2.37. The van der Waals surface area contributed by atoms with E-state index in [1.54, 1.807) is 22.8 Å². The fourth-order valence-corrected chi connectivity index (χ4v) is 5.03. The number of benzene rings is 1. The molecule has 0 amide bonds. The normalized spacial score (nSPS) is 14.9. The lowest BCUT2D eigenvalue weighted by atomic mass is 10.0. The molecule has 0 spiro atoms. The summed E-state index contributed by atoms with van der Waals surface area (Å²) < 4.78 is 30.2. The minimum atomic E-state index is -3.81.